The van der Waals surface area contributed by atoms with Crippen molar-refractivity contribution in [2.45, 2.75) is 46.1 Å². The van der Waals surface area contributed by atoms with Gasteiger partial charge >= 0.3 is 5.97 Å². The van der Waals surface area contributed by atoms with Crippen LogP contribution in [0.25, 0.3) is 0 Å². The average molecular weight is 668 g/mol. The molecular weight excluding hydrogens is 623 g/mol. The number of rotatable bonds is 16. The Kier molecular flexibility index (Phi) is 13.5. The number of oxime groups is 1. The first-order chi connectivity index (χ1) is 23.2. The first-order valence-electron chi connectivity index (χ1n) is 16.4. The molecule has 1 aliphatic rings. The molecule has 1 fully saturated rings. The smallest absolute Gasteiger partial charge is 0.358 e. The molecule has 0 radical (unpaired) electrons. The fraction of sp³-hybridized carbons (Fsp3) is 0.333. The summed E-state index contributed by atoms with van der Waals surface area (Å²) in [6, 6.07) is 23.3. The van der Waals surface area contributed by atoms with Crippen molar-refractivity contribution in [3.05, 3.63) is 114 Å². The Morgan fingerprint density at radius 2 is 1.48 bits per heavy atom. The van der Waals surface area contributed by atoms with Crippen LogP contribution in [0.5, 0.6) is 0 Å². The lowest BCUT2D eigenvalue weighted by Crippen LogP contribution is -2.54. The minimum atomic E-state index is -0.680. The monoisotopic (exact) mass is 667 g/mol. The number of allylic oxidation sites excluding steroid dienone is 2. The lowest BCUT2D eigenvalue weighted by molar-refractivity contribution is -0.137. The number of morpholine rings is 1. The maximum absolute atomic E-state index is 13.7. The second-order valence-corrected chi connectivity index (χ2v) is 13.1. The van der Waals surface area contributed by atoms with Gasteiger partial charge in [-0.2, -0.15) is 11.8 Å². The van der Waals surface area contributed by atoms with Crippen molar-refractivity contribution in [2.24, 2.45) is 5.16 Å². The van der Waals surface area contributed by atoms with Gasteiger partial charge in [-0.25, -0.2) is 4.79 Å². The van der Waals surface area contributed by atoms with E-state index < -0.39 is 11.5 Å². The SMILES string of the molecule is C=C/C=C/C(=O)O/N=C(\CCSCC)C(=O)c1ccc(N(c2ccc(CC)cc2)c2ccc(C(=O)C(C)(C)N3CCOCC3)cc2)cc1. The van der Waals surface area contributed by atoms with Gasteiger partial charge in [0.05, 0.1) is 18.8 Å². The summed E-state index contributed by atoms with van der Waals surface area (Å²) in [5.74, 6) is 0.649. The van der Waals surface area contributed by atoms with Crippen LogP contribution in [0.1, 0.15) is 60.4 Å². The maximum Gasteiger partial charge on any atom is 0.358 e. The lowest BCUT2D eigenvalue weighted by Gasteiger charge is -2.39. The average Bonchev–Trinajstić information content (AvgIpc) is 3.13. The molecule has 3 aromatic carbocycles. The van der Waals surface area contributed by atoms with Crippen LogP contribution in [0, 0.1) is 0 Å². The van der Waals surface area contributed by atoms with E-state index in [0.717, 1.165) is 42.3 Å². The van der Waals surface area contributed by atoms with Gasteiger partial charge in [0.2, 0.25) is 5.78 Å². The summed E-state index contributed by atoms with van der Waals surface area (Å²) in [4.78, 5) is 48.5. The van der Waals surface area contributed by atoms with Crippen LogP contribution in [-0.2, 0) is 20.8 Å². The molecule has 3 aromatic rings. The quantitative estimate of drug-likeness (QED) is 0.0289. The minimum absolute atomic E-state index is 0.0647. The number of nitrogens with zero attached hydrogens (tertiary/aromatic N) is 3. The largest absolute Gasteiger partial charge is 0.379 e. The van der Waals surface area contributed by atoms with Crippen LogP contribution in [0.2, 0.25) is 0 Å². The maximum atomic E-state index is 13.7. The van der Waals surface area contributed by atoms with Crippen molar-refractivity contribution in [3.8, 4) is 0 Å². The number of hydrogen-bond donors (Lipinski definition) is 0. The molecule has 48 heavy (non-hydrogen) atoms. The van der Waals surface area contributed by atoms with Crippen molar-refractivity contribution < 1.29 is 24.0 Å². The summed E-state index contributed by atoms with van der Waals surface area (Å²) < 4.78 is 5.50. The third-order valence-corrected chi connectivity index (χ3v) is 9.20. The molecule has 0 aromatic heterocycles. The molecule has 0 N–H and O–H groups in total. The Labute approximate surface area is 288 Å². The number of carbonyl (C=O) groups is 3. The van der Waals surface area contributed by atoms with E-state index in [2.05, 4.69) is 52.7 Å². The molecule has 0 atom stereocenters. The molecule has 4 rings (SSSR count). The number of Topliss-reactive ketones (excluding diaryl/α,β-unsaturated/α-hetero) is 2. The highest BCUT2D eigenvalue weighted by atomic mass is 32.2. The summed E-state index contributed by atoms with van der Waals surface area (Å²) in [7, 11) is 0. The van der Waals surface area contributed by atoms with E-state index in [1.54, 1.807) is 23.9 Å². The Morgan fingerprint density at radius 3 is 2.02 bits per heavy atom. The Morgan fingerprint density at radius 1 is 0.917 bits per heavy atom. The lowest BCUT2D eigenvalue weighted by atomic mass is 9.90. The number of hydrogen-bond acceptors (Lipinski definition) is 9. The van der Waals surface area contributed by atoms with E-state index in [0.29, 0.717) is 36.5 Å². The van der Waals surface area contributed by atoms with Gasteiger partial charge in [-0.3, -0.25) is 14.5 Å². The fourth-order valence-corrected chi connectivity index (χ4v) is 6.05. The predicted molar refractivity (Wildman–Crippen MR) is 196 cm³/mol. The van der Waals surface area contributed by atoms with Gasteiger partial charge in [0.1, 0.15) is 5.71 Å². The minimum Gasteiger partial charge on any atom is -0.379 e. The molecule has 1 aliphatic heterocycles. The first-order valence-corrected chi connectivity index (χ1v) is 17.5. The third-order valence-electron chi connectivity index (χ3n) is 8.30. The molecule has 0 bridgehead atoms. The van der Waals surface area contributed by atoms with E-state index >= 15 is 0 Å². The zero-order valence-electron chi connectivity index (χ0n) is 28.3. The Bertz CT molecular complexity index is 1610. The molecule has 0 amide bonds. The number of benzene rings is 3. The van der Waals surface area contributed by atoms with Crippen LogP contribution in [0.3, 0.4) is 0 Å². The number of thioether (sulfide) groups is 1. The van der Waals surface area contributed by atoms with Crippen molar-refractivity contribution in [3.63, 3.8) is 0 Å². The van der Waals surface area contributed by atoms with Gasteiger partial charge in [-0.15, -0.1) is 0 Å². The number of carbonyl (C=O) groups excluding carboxylic acids is 3. The van der Waals surface area contributed by atoms with Crippen molar-refractivity contribution in [2.75, 3.05) is 42.7 Å². The van der Waals surface area contributed by atoms with Gasteiger partial charge in [0.15, 0.2) is 5.78 Å². The van der Waals surface area contributed by atoms with Crippen LogP contribution in [0.4, 0.5) is 17.1 Å². The van der Waals surface area contributed by atoms with E-state index in [1.807, 2.05) is 57.2 Å². The third kappa shape index (κ3) is 9.40. The Hall–Kier alpha value is -4.31. The number of aryl methyl sites for hydroxylation is 1. The molecule has 0 unspecified atom stereocenters. The summed E-state index contributed by atoms with van der Waals surface area (Å²) >= 11 is 1.68. The van der Waals surface area contributed by atoms with E-state index in [1.165, 1.54) is 23.8 Å². The zero-order valence-corrected chi connectivity index (χ0v) is 29.1. The molecule has 252 valence electrons. The molecule has 0 spiro atoms. The zero-order chi connectivity index (χ0) is 34.5. The highest BCUT2D eigenvalue weighted by Gasteiger charge is 2.36. The molecule has 1 saturated heterocycles. The van der Waals surface area contributed by atoms with Crippen LogP contribution in [-0.4, -0.2) is 71.5 Å². The van der Waals surface area contributed by atoms with E-state index in [4.69, 9.17) is 9.57 Å². The highest BCUT2D eigenvalue weighted by Crippen LogP contribution is 2.35. The normalized spacial score (nSPS) is 14.1. The number of anilines is 3. The van der Waals surface area contributed by atoms with Crippen molar-refractivity contribution >= 4 is 52.1 Å². The topological polar surface area (TPSA) is 88.5 Å². The summed E-state index contributed by atoms with van der Waals surface area (Å²) in [5, 5.41) is 3.93. The second kappa shape index (κ2) is 17.7. The standard InChI is InChI=1S/C39H45N3O5S/c1-6-9-10-36(43)47-40-35(23-28-48-8-3)37(44)30-13-19-33(20-14-30)42(32-17-11-29(7-2)12-18-32)34-21-15-31(16-22-34)38(45)39(4,5)41-24-26-46-27-25-41/h6,9-22H,1,7-8,23-28H2,2-5H3/b10-9+,40-35+. The second-order valence-electron chi connectivity index (χ2n) is 11.8. The molecule has 8 nitrogen and oxygen atoms in total. The Balaban J connectivity index is 1.63. The van der Waals surface area contributed by atoms with Gasteiger partial charge in [-0.1, -0.05) is 49.9 Å². The van der Waals surface area contributed by atoms with Crippen LogP contribution < -0.4 is 4.90 Å². The van der Waals surface area contributed by atoms with Crippen LogP contribution >= 0.6 is 11.8 Å². The predicted octanol–water partition coefficient (Wildman–Crippen LogP) is 7.98. The molecular formula is C39H45N3O5S. The molecule has 0 saturated carbocycles. The van der Waals surface area contributed by atoms with Gasteiger partial charge in [0, 0.05) is 53.8 Å². The summed E-state index contributed by atoms with van der Waals surface area (Å²) in [6.45, 7) is 14.3. The van der Waals surface area contributed by atoms with Gasteiger partial charge < -0.3 is 14.5 Å². The molecule has 0 aliphatic carbocycles. The van der Waals surface area contributed by atoms with Crippen LogP contribution in [0.15, 0.2) is 103 Å². The van der Waals surface area contributed by atoms with Crippen molar-refractivity contribution in [1.29, 1.82) is 0 Å². The first kappa shape index (κ1) is 36.5. The molecule has 1 heterocycles. The van der Waals surface area contributed by atoms with Crippen molar-refractivity contribution in [1.82, 2.24) is 4.90 Å². The van der Waals surface area contributed by atoms with E-state index in [-0.39, 0.29) is 17.3 Å². The van der Waals surface area contributed by atoms with E-state index in [9.17, 15) is 14.4 Å². The summed E-state index contributed by atoms with van der Waals surface area (Å²) in [5.41, 5.74) is 4.48. The summed E-state index contributed by atoms with van der Waals surface area (Å²) in [6.07, 6.45) is 5.39. The number of ketones is 2. The fourth-order valence-electron chi connectivity index (χ4n) is 5.43. The van der Waals surface area contributed by atoms with Gasteiger partial charge in [-0.05, 0) is 98.0 Å². The molecule has 9 heteroatoms. The number of ether oxygens (including phenoxy) is 1. The van der Waals surface area contributed by atoms with Gasteiger partial charge in [0.25, 0.3) is 0 Å². The highest BCUT2D eigenvalue weighted by molar-refractivity contribution is 7.99.